The van der Waals surface area contributed by atoms with Crippen LogP contribution in [0.2, 0.25) is 0 Å². The van der Waals surface area contributed by atoms with Gasteiger partial charge in [0.2, 0.25) is 0 Å². The van der Waals surface area contributed by atoms with Gasteiger partial charge in [0.25, 0.3) is 0 Å². The van der Waals surface area contributed by atoms with Crippen molar-refractivity contribution in [3.8, 4) is 0 Å². The van der Waals surface area contributed by atoms with E-state index in [1.54, 1.807) is 6.92 Å². The summed E-state index contributed by atoms with van der Waals surface area (Å²) in [5, 5.41) is 8.01. The minimum absolute atomic E-state index is 0.460. The number of pyridine rings is 1. The van der Waals surface area contributed by atoms with Gasteiger partial charge in [0.1, 0.15) is 17.1 Å². The summed E-state index contributed by atoms with van der Waals surface area (Å²) in [7, 11) is 3.86. The summed E-state index contributed by atoms with van der Waals surface area (Å²) < 4.78 is 0. The molecule has 0 aromatic carbocycles. The maximum absolute atomic E-state index is 8.01. The van der Waals surface area contributed by atoms with E-state index in [0.29, 0.717) is 17.8 Å². The topological polar surface area (TPSA) is 78.4 Å². The maximum atomic E-state index is 8.01. The van der Waals surface area contributed by atoms with Crippen molar-refractivity contribution in [2.45, 2.75) is 13.3 Å². The van der Waals surface area contributed by atoms with Crippen molar-refractivity contribution in [3.05, 3.63) is 64.4 Å². The molecule has 5 heteroatoms. The van der Waals surface area contributed by atoms with E-state index in [4.69, 9.17) is 11.1 Å². The largest absolute Gasteiger partial charge is 0.398 e. The van der Waals surface area contributed by atoms with Crippen LogP contribution in [-0.4, -0.2) is 35.4 Å². The van der Waals surface area contributed by atoms with Crippen molar-refractivity contribution in [2.24, 2.45) is 10.7 Å². The molecule has 0 fully saturated rings. The lowest BCUT2D eigenvalue weighted by Crippen LogP contribution is -2.14. The van der Waals surface area contributed by atoms with Crippen molar-refractivity contribution >= 4 is 17.1 Å². The molecule has 0 spiro atoms. The van der Waals surface area contributed by atoms with Crippen molar-refractivity contribution in [1.82, 2.24) is 9.88 Å². The first-order valence-electron chi connectivity index (χ1n) is 7.36. The van der Waals surface area contributed by atoms with Gasteiger partial charge >= 0.3 is 0 Å². The Morgan fingerprint density at radius 2 is 2.09 bits per heavy atom. The summed E-state index contributed by atoms with van der Waals surface area (Å²) in [6.45, 7) is 5.48. The van der Waals surface area contributed by atoms with Crippen molar-refractivity contribution in [2.75, 3.05) is 14.1 Å². The van der Waals surface area contributed by atoms with Crippen molar-refractivity contribution < 1.29 is 0 Å². The first-order chi connectivity index (χ1) is 10.9. The van der Waals surface area contributed by atoms with Gasteiger partial charge in [-0.05, 0) is 19.1 Å². The molecular formula is C18H19N5. The summed E-state index contributed by atoms with van der Waals surface area (Å²) >= 11 is 0. The van der Waals surface area contributed by atoms with Crippen LogP contribution >= 0.6 is 0 Å². The third-order valence-corrected chi connectivity index (χ3v) is 3.88. The van der Waals surface area contributed by atoms with Gasteiger partial charge in [0, 0.05) is 43.2 Å². The molecule has 2 aliphatic rings. The Bertz CT molecular complexity index is 861. The van der Waals surface area contributed by atoms with Gasteiger partial charge in [-0.1, -0.05) is 12.6 Å². The molecule has 0 amide bonds. The number of nitrogens with two attached hydrogens (primary N) is 1. The SMILES string of the molecule is C=C=C(c1cccc(C/C(C(C)=N)=C(\N)C2=C3N=C32)n1)N(C)C. The van der Waals surface area contributed by atoms with Crippen molar-refractivity contribution in [1.29, 1.82) is 5.41 Å². The second-order valence-electron chi connectivity index (χ2n) is 5.81. The lowest BCUT2D eigenvalue weighted by Gasteiger charge is -2.15. The molecule has 0 unspecified atom stereocenters. The van der Waals surface area contributed by atoms with Crippen LogP contribution in [0.25, 0.3) is 5.70 Å². The fourth-order valence-corrected chi connectivity index (χ4v) is 2.52. The van der Waals surface area contributed by atoms with Crippen LogP contribution in [0.3, 0.4) is 0 Å². The molecule has 23 heavy (non-hydrogen) atoms. The second-order valence-corrected chi connectivity index (χ2v) is 5.81. The number of allylic oxidation sites excluding steroid dienone is 3. The molecule has 5 nitrogen and oxygen atoms in total. The summed E-state index contributed by atoms with van der Waals surface area (Å²) in [5.74, 6) is 0. The molecule has 0 atom stereocenters. The molecule has 0 saturated heterocycles. The zero-order chi connectivity index (χ0) is 16.7. The van der Waals surface area contributed by atoms with Gasteiger partial charge in [-0.15, -0.1) is 5.73 Å². The van der Waals surface area contributed by atoms with Gasteiger partial charge in [-0.2, -0.15) is 0 Å². The van der Waals surface area contributed by atoms with E-state index in [-0.39, 0.29) is 0 Å². The normalized spacial score (nSPS) is 15.2. The molecule has 1 aliphatic carbocycles. The highest BCUT2D eigenvalue weighted by atomic mass is 15.1. The number of hydrogen-bond acceptors (Lipinski definition) is 5. The van der Waals surface area contributed by atoms with Crippen LogP contribution < -0.4 is 5.73 Å². The van der Waals surface area contributed by atoms with Gasteiger partial charge in [0.15, 0.2) is 0 Å². The summed E-state index contributed by atoms with van der Waals surface area (Å²) in [6.07, 6.45) is 0.525. The standard InChI is InChI=1S/C18H19N5/c1-5-14(23(3)4)13-8-6-7-11(21-13)9-12(10(2)19)16(20)15-17-18(15)22-17/h6-8,19H,1,9,20H2,2-4H3/b16-12+,19-10?. The average molecular weight is 305 g/mol. The molecule has 0 bridgehead atoms. The second kappa shape index (κ2) is 5.38. The molecule has 0 saturated carbocycles. The quantitative estimate of drug-likeness (QED) is 0.625. The minimum Gasteiger partial charge on any atom is -0.398 e. The number of rotatable bonds is 6. The van der Waals surface area contributed by atoms with Crippen LogP contribution in [0.15, 0.2) is 58.0 Å². The number of aliphatic imine (C=N–C) groups is 1. The highest BCUT2D eigenvalue weighted by Gasteiger charge is 2.45. The average Bonchev–Trinajstić information content (AvgIpc) is 3.36. The Labute approximate surface area is 135 Å². The Hall–Kier alpha value is -2.91. The lowest BCUT2D eigenvalue weighted by molar-refractivity contribution is 0.589. The van der Waals surface area contributed by atoms with E-state index in [2.05, 4.69) is 22.3 Å². The highest BCUT2D eigenvalue weighted by Crippen LogP contribution is 2.46. The molecule has 1 aromatic rings. The molecule has 2 heterocycles. The Balaban J connectivity index is 1.90. The summed E-state index contributed by atoms with van der Waals surface area (Å²) in [4.78, 5) is 10.7. The molecule has 116 valence electrons. The summed E-state index contributed by atoms with van der Waals surface area (Å²) in [6, 6.07) is 5.82. The molecule has 1 aliphatic heterocycles. The van der Waals surface area contributed by atoms with E-state index < -0.39 is 0 Å². The van der Waals surface area contributed by atoms with Gasteiger partial charge < -0.3 is 16.0 Å². The van der Waals surface area contributed by atoms with Crippen LogP contribution in [0.5, 0.6) is 0 Å². The summed E-state index contributed by atoms with van der Waals surface area (Å²) in [5.41, 5.74) is 16.6. The number of nitrogens with zero attached hydrogens (tertiary/aromatic N) is 3. The van der Waals surface area contributed by atoms with E-state index >= 15 is 0 Å². The molecule has 3 N–H and O–H groups in total. The molecule has 3 rings (SSSR count). The van der Waals surface area contributed by atoms with Crippen molar-refractivity contribution in [3.63, 3.8) is 0 Å². The van der Waals surface area contributed by atoms with Crippen LogP contribution in [-0.2, 0) is 6.42 Å². The number of nitrogens with one attached hydrogen (secondary N) is 1. The van der Waals surface area contributed by atoms with Gasteiger partial charge in [-0.3, -0.25) is 4.98 Å². The van der Waals surface area contributed by atoms with E-state index in [1.165, 1.54) is 0 Å². The first kappa shape index (κ1) is 15.0. The number of aromatic nitrogens is 1. The lowest BCUT2D eigenvalue weighted by atomic mass is 10.0. The van der Waals surface area contributed by atoms with Crippen LogP contribution in [0, 0.1) is 5.41 Å². The smallest absolute Gasteiger partial charge is 0.105 e. The Kier molecular flexibility index (Phi) is 3.51. The van der Waals surface area contributed by atoms with Gasteiger partial charge in [-0.25, -0.2) is 4.99 Å². The zero-order valence-corrected chi connectivity index (χ0v) is 13.6. The van der Waals surface area contributed by atoms with E-state index in [0.717, 1.165) is 39.6 Å². The predicted molar refractivity (Wildman–Crippen MR) is 93.3 cm³/mol. The first-order valence-corrected chi connectivity index (χ1v) is 7.36. The predicted octanol–water partition coefficient (Wildman–Crippen LogP) is 2.29. The van der Waals surface area contributed by atoms with Crippen LogP contribution in [0.1, 0.15) is 18.3 Å². The number of fused-ring (bicyclic) bond motifs is 1. The highest BCUT2D eigenvalue weighted by molar-refractivity contribution is 6.41. The fraction of sp³-hybridized carbons (Fsp3) is 0.222. The van der Waals surface area contributed by atoms with E-state index in [1.807, 2.05) is 37.2 Å². The fourth-order valence-electron chi connectivity index (χ4n) is 2.52. The van der Waals surface area contributed by atoms with E-state index in [9.17, 15) is 0 Å². The minimum atomic E-state index is 0.460. The molecular weight excluding hydrogens is 286 g/mol. The molecule has 0 radical (unpaired) electrons. The third-order valence-electron chi connectivity index (χ3n) is 3.88. The Morgan fingerprint density at radius 1 is 1.39 bits per heavy atom. The van der Waals surface area contributed by atoms with Crippen LogP contribution in [0.4, 0.5) is 0 Å². The Morgan fingerprint density at radius 3 is 2.57 bits per heavy atom. The zero-order valence-electron chi connectivity index (χ0n) is 13.6. The molecule has 1 aromatic heterocycles. The number of hydrogen-bond donors (Lipinski definition) is 2. The monoisotopic (exact) mass is 305 g/mol. The van der Waals surface area contributed by atoms with Gasteiger partial charge in [0.05, 0.1) is 11.3 Å². The maximum Gasteiger partial charge on any atom is 0.105 e. The third kappa shape index (κ3) is 2.74.